The summed E-state index contributed by atoms with van der Waals surface area (Å²) < 4.78 is 10.5. The highest BCUT2D eigenvalue weighted by Crippen LogP contribution is 2.11. The summed E-state index contributed by atoms with van der Waals surface area (Å²) in [5, 5.41) is 11.7. The molecule has 0 aromatic heterocycles. The Hall–Kier alpha value is -2.28. The number of carbonyl (C=O) groups excluding carboxylic acids is 2. The van der Waals surface area contributed by atoms with Gasteiger partial charge in [0.15, 0.2) is 0 Å². The summed E-state index contributed by atoms with van der Waals surface area (Å²) in [6.07, 6.45) is 1.08. The van der Waals surface area contributed by atoms with E-state index in [1.54, 1.807) is 4.90 Å². The summed E-state index contributed by atoms with van der Waals surface area (Å²) in [6.45, 7) is 7.14. The molecular formula is C20H32N2O5. The fourth-order valence-corrected chi connectivity index (χ4v) is 2.27. The second-order valence-corrected chi connectivity index (χ2v) is 7.24. The molecule has 152 valence electrons. The maximum absolute atomic E-state index is 12.2. The van der Waals surface area contributed by atoms with Gasteiger partial charge < -0.3 is 24.8 Å². The SMILES string of the molecule is CC(C)(C)OC(=O)N(CCCO)CCCCNC(=O)OCc1ccccc1. The smallest absolute Gasteiger partial charge is 0.410 e. The predicted octanol–water partition coefficient (Wildman–Crippen LogP) is 3.31. The van der Waals surface area contributed by atoms with Crippen molar-refractivity contribution in [1.29, 1.82) is 0 Å². The zero-order chi connectivity index (χ0) is 20.1. The first-order valence-electron chi connectivity index (χ1n) is 9.35. The number of carbonyl (C=O) groups is 2. The summed E-state index contributed by atoms with van der Waals surface area (Å²) in [6, 6.07) is 9.48. The molecule has 0 fully saturated rings. The summed E-state index contributed by atoms with van der Waals surface area (Å²) >= 11 is 0. The van der Waals surface area contributed by atoms with Crippen molar-refractivity contribution in [3.8, 4) is 0 Å². The number of amides is 2. The molecule has 7 heteroatoms. The minimum absolute atomic E-state index is 0.0219. The lowest BCUT2D eigenvalue weighted by Gasteiger charge is -2.27. The number of rotatable bonds is 10. The third kappa shape index (κ3) is 11.1. The molecule has 0 aliphatic rings. The van der Waals surface area contributed by atoms with Gasteiger partial charge in [0.05, 0.1) is 0 Å². The van der Waals surface area contributed by atoms with Crippen molar-refractivity contribution >= 4 is 12.2 Å². The van der Waals surface area contributed by atoms with Gasteiger partial charge in [-0.3, -0.25) is 0 Å². The molecule has 0 heterocycles. The van der Waals surface area contributed by atoms with Crippen LogP contribution >= 0.6 is 0 Å². The molecule has 2 amide bonds. The highest BCUT2D eigenvalue weighted by atomic mass is 16.6. The minimum Gasteiger partial charge on any atom is -0.445 e. The molecule has 0 saturated heterocycles. The molecule has 1 aromatic rings. The molecule has 7 nitrogen and oxygen atoms in total. The van der Waals surface area contributed by atoms with Crippen molar-refractivity contribution < 1.29 is 24.2 Å². The maximum atomic E-state index is 12.2. The normalized spacial score (nSPS) is 11.0. The van der Waals surface area contributed by atoms with Crippen molar-refractivity contribution in [3.05, 3.63) is 35.9 Å². The van der Waals surface area contributed by atoms with Gasteiger partial charge >= 0.3 is 12.2 Å². The summed E-state index contributed by atoms with van der Waals surface area (Å²) in [4.78, 5) is 25.5. The number of nitrogens with zero attached hydrogens (tertiary/aromatic N) is 1. The largest absolute Gasteiger partial charge is 0.445 e. The fourth-order valence-electron chi connectivity index (χ4n) is 2.27. The lowest BCUT2D eigenvalue weighted by Crippen LogP contribution is -2.38. The number of unbranched alkanes of at least 4 members (excludes halogenated alkanes) is 1. The maximum Gasteiger partial charge on any atom is 0.410 e. The number of alkyl carbamates (subject to hydrolysis) is 1. The molecule has 0 aliphatic carbocycles. The number of aliphatic hydroxyl groups is 1. The van der Waals surface area contributed by atoms with E-state index in [9.17, 15) is 9.59 Å². The Labute approximate surface area is 161 Å². The van der Waals surface area contributed by atoms with Crippen molar-refractivity contribution in [3.63, 3.8) is 0 Å². The van der Waals surface area contributed by atoms with Gasteiger partial charge in [0.1, 0.15) is 12.2 Å². The summed E-state index contributed by atoms with van der Waals surface area (Å²) in [5.41, 5.74) is 0.378. The monoisotopic (exact) mass is 380 g/mol. The Kier molecular flexibility index (Phi) is 10.3. The van der Waals surface area contributed by atoms with Gasteiger partial charge in [-0.2, -0.15) is 0 Å². The van der Waals surface area contributed by atoms with Gasteiger partial charge in [-0.25, -0.2) is 9.59 Å². The number of aliphatic hydroxyl groups excluding tert-OH is 1. The standard InChI is InChI=1S/C20H32N2O5/c1-20(2,3)27-19(25)22(14-9-15-23)13-8-7-12-21-18(24)26-16-17-10-5-4-6-11-17/h4-6,10-11,23H,7-9,12-16H2,1-3H3,(H,21,24). The Balaban J connectivity index is 2.23. The van der Waals surface area contributed by atoms with Crippen molar-refractivity contribution in [2.75, 3.05) is 26.2 Å². The molecule has 27 heavy (non-hydrogen) atoms. The van der Waals surface area contributed by atoms with Crippen LogP contribution in [0.15, 0.2) is 30.3 Å². The molecule has 0 spiro atoms. The zero-order valence-corrected chi connectivity index (χ0v) is 16.6. The summed E-state index contributed by atoms with van der Waals surface area (Å²) in [7, 11) is 0. The molecular weight excluding hydrogens is 348 g/mol. The van der Waals surface area contributed by atoms with Gasteiger partial charge in [-0.1, -0.05) is 30.3 Å². The molecule has 1 aromatic carbocycles. The number of ether oxygens (including phenoxy) is 2. The van der Waals surface area contributed by atoms with E-state index in [2.05, 4.69) is 5.32 Å². The van der Waals surface area contributed by atoms with Crippen LogP contribution in [0.3, 0.4) is 0 Å². The van der Waals surface area contributed by atoms with Crippen LogP contribution in [0.25, 0.3) is 0 Å². The van der Waals surface area contributed by atoms with Gasteiger partial charge in [0.2, 0.25) is 0 Å². The van der Waals surface area contributed by atoms with Crippen LogP contribution in [-0.2, 0) is 16.1 Å². The molecule has 0 bridgehead atoms. The molecule has 0 unspecified atom stereocenters. The van der Waals surface area contributed by atoms with E-state index >= 15 is 0 Å². The quantitative estimate of drug-likeness (QED) is 0.608. The van der Waals surface area contributed by atoms with E-state index in [1.165, 1.54) is 0 Å². The molecule has 0 atom stereocenters. The minimum atomic E-state index is -0.557. The predicted molar refractivity (Wildman–Crippen MR) is 103 cm³/mol. The van der Waals surface area contributed by atoms with E-state index < -0.39 is 11.7 Å². The summed E-state index contributed by atoms with van der Waals surface area (Å²) in [5.74, 6) is 0. The van der Waals surface area contributed by atoms with E-state index in [0.29, 0.717) is 38.9 Å². The highest BCUT2D eigenvalue weighted by Gasteiger charge is 2.21. The first-order valence-corrected chi connectivity index (χ1v) is 9.35. The van der Waals surface area contributed by atoms with E-state index in [4.69, 9.17) is 14.6 Å². The Morgan fingerprint density at radius 3 is 2.37 bits per heavy atom. The van der Waals surface area contributed by atoms with Gasteiger partial charge in [-0.15, -0.1) is 0 Å². The Morgan fingerprint density at radius 2 is 1.74 bits per heavy atom. The molecule has 0 aliphatic heterocycles. The van der Waals surface area contributed by atoms with Crippen LogP contribution in [0, 0.1) is 0 Å². The van der Waals surface area contributed by atoms with Crippen LogP contribution in [0.2, 0.25) is 0 Å². The average Bonchev–Trinajstić information content (AvgIpc) is 2.61. The Bertz CT molecular complexity index is 557. The number of benzene rings is 1. The van der Waals surface area contributed by atoms with Crippen molar-refractivity contribution in [1.82, 2.24) is 10.2 Å². The molecule has 0 radical (unpaired) electrons. The van der Waals surface area contributed by atoms with Crippen molar-refractivity contribution in [2.45, 2.75) is 52.2 Å². The second kappa shape index (κ2) is 12.2. The van der Waals surface area contributed by atoms with Gasteiger partial charge in [0.25, 0.3) is 0 Å². The van der Waals surface area contributed by atoms with Crippen LogP contribution in [0.4, 0.5) is 9.59 Å². The number of nitrogens with one attached hydrogen (secondary N) is 1. The van der Waals surface area contributed by atoms with Crippen LogP contribution in [0.1, 0.15) is 45.6 Å². The Morgan fingerprint density at radius 1 is 1.07 bits per heavy atom. The first-order chi connectivity index (χ1) is 12.8. The van der Waals surface area contributed by atoms with Gasteiger partial charge in [-0.05, 0) is 45.6 Å². The van der Waals surface area contributed by atoms with E-state index in [1.807, 2.05) is 51.1 Å². The van der Waals surface area contributed by atoms with Crippen LogP contribution in [0.5, 0.6) is 0 Å². The second-order valence-electron chi connectivity index (χ2n) is 7.24. The fraction of sp³-hybridized carbons (Fsp3) is 0.600. The molecule has 1 rings (SSSR count). The number of hydrogen-bond donors (Lipinski definition) is 2. The molecule has 0 saturated carbocycles. The zero-order valence-electron chi connectivity index (χ0n) is 16.6. The third-order valence-electron chi connectivity index (χ3n) is 3.57. The first kappa shape index (κ1) is 22.8. The van der Waals surface area contributed by atoms with Gasteiger partial charge in [0, 0.05) is 26.2 Å². The lowest BCUT2D eigenvalue weighted by molar-refractivity contribution is 0.0237. The van der Waals surface area contributed by atoms with Crippen molar-refractivity contribution in [2.24, 2.45) is 0 Å². The third-order valence-corrected chi connectivity index (χ3v) is 3.57. The lowest BCUT2D eigenvalue weighted by atomic mass is 10.2. The number of hydrogen-bond acceptors (Lipinski definition) is 5. The van der Waals surface area contributed by atoms with Crippen LogP contribution < -0.4 is 5.32 Å². The van der Waals surface area contributed by atoms with E-state index in [-0.39, 0.29) is 19.3 Å². The van der Waals surface area contributed by atoms with E-state index in [0.717, 1.165) is 5.56 Å². The van der Waals surface area contributed by atoms with Crippen LogP contribution in [-0.4, -0.2) is 54.0 Å². The topological polar surface area (TPSA) is 88.1 Å². The average molecular weight is 380 g/mol. The highest BCUT2D eigenvalue weighted by molar-refractivity contribution is 5.68. The molecule has 2 N–H and O–H groups in total.